The minimum atomic E-state index is 0.0182. The van der Waals surface area contributed by atoms with E-state index < -0.39 is 0 Å². The number of allylic oxidation sites excluding steroid dienone is 1. The van der Waals surface area contributed by atoms with Gasteiger partial charge in [0.15, 0.2) is 0 Å². The van der Waals surface area contributed by atoms with Gasteiger partial charge in [-0.25, -0.2) is 4.68 Å². The number of hydrogen-bond donors (Lipinski definition) is 0. The predicted octanol–water partition coefficient (Wildman–Crippen LogP) is 7.52. The van der Waals surface area contributed by atoms with Crippen molar-refractivity contribution < 1.29 is 0 Å². The molecule has 1 aromatic heterocycles. The average Bonchev–Trinajstić information content (AvgIpc) is 3.29. The molecule has 0 saturated carbocycles. The molecule has 158 valence electrons. The van der Waals surface area contributed by atoms with E-state index in [1.54, 1.807) is 16.8 Å². The molecular weight excluding hydrogens is 440 g/mol. The minimum Gasteiger partial charge on any atom is -0.240 e. The fourth-order valence-corrected chi connectivity index (χ4v) is 4.82. The van der Waals surface area contributed by atoms with Gasteiger partial charge in [-0.15, -0.1) is 0 Å². The summed E-state index contributed by atoms with van der Waals surface area (Å²) in [6.07, 6.45) is 3.41. The largest absolute Gasteiger partial charge is 0.240 e. The summed E-state index contributed by atoms with van der Waals surface area (Å²) in [6, 6.07) is 30.4. The third-order valence-electron chi connectivity index (χ3n) is 6.14. The Bertz CT molecular complexity index is 1810. The van der Waals surface area contributed by atoms with E-state index in [0.29, 0.717) is 16.3 Å². The first-order chi connectivity index (χ1) is 16.7. The van der Waals surface area contributed by atoms with Crippen molar-refractivity contribution in [2.45, 2.75) is 0 Å². The lowest BCUT2D eigenvalue weighted by Gasteiger charge is -2.13. The van der Waals surface area contributed by atoms with Crippen molar-refractivity contribution in [3.05, 3.63) is 101 Å². The van der Waals surface area contributed by atoms with Gasteiger partial charge in [0.1, 0.15) is 23.4 Å². The van der Waals surface area contributed by atoms with Crippen LogP contribution in [0.2, 0.25) is 5.02 Å². The first kappa shape index (κ1) is 20.0. The van der Waals surface area contributed by atoms with Crippen molar-refractivity contribution in [1.29, 1.82) is 10.5 Å². The average molecular weight is 455 g/mol. The number of nitrogens with zero attached hydrogens (tertiary/aromatic N) is 4. The van der Waals surface area contributed by atoms with Crippen molar-refractivity contribution in [2.75, 3.05) is 0 Å². The number of rotatable bonds is 3. The van der Waals surface area contributed by atoms with Gasteiger partial charge in [0, 0.05) is 22.3 Å². The number of hydrogen-bond acceptors (Lipinski definition) is 3. The molecule has 5 aromatic carbocycles. The molecule has 0 fully saturated rings. The SMILES string of the molecule is N#CC(C#N)=Cc1cn(-c2cccc(Cl)c2)nc1-c1ccc2ccc3cccc4ccc1c2c34. The zero-order chi connectivity index (χ0) is 23.2. The van der Waals surface area contributed by atoms with E-state index in [-0.39, 0.29) is 5.57 Å². The van der Waals surface area contributed by atoms with E-state index in [4.69, 9.17) is 16.7 Å². The second-order valence-corrected chi connectivity index (χ2v) is 8.54. The second kappa shape index (κ2) is 7.74. The van der Waals surface area contributed by atoms with Crippen LogP contribution in [0, 0.1) is 22.7 Å². The van der Waals surface area contributed by atoms with Gasteiger partial charge >= 0.3 is 0 Å². The van der Waals surface area contributed by atoms with Crippen LogP contribution in [0.15, 0.2) is 90.6 Å². The second-order valence-electron chi connectivity index (χ2n) is 8.11. The Hall–Kier alpha value is -4.64. The number of halogens is 1. The maximum Gasteiger partial charge on any atom is 0.130 e. The Morgan fingerprint density at radius 3 is 2.24 bits per heavy atom. The van der Waals surface area contributed by atoms with Gasteiger partial charge < -0.3 is 0 Å². The van der Waals surface area contributed by atoms with Gasteiger partial charge in [0.05, 0.1) is 5.69 Å². The van der Waals surface area contributed by atoms with Crippen molar-refractivity contribution in [3.8, 4) is 29.1 Å². The smallest absolute Gasteiger partial charge is 0.130 e. The molecule has 34 heavy (non-hydrogen) atoms. The first-order valence-corrected chi connectivity index (χ1v) is 11.1. The third kappa shape index (κ3) is 3.10. The molecule has 1 heterocycles. The van der Waals surface area contributed by atoms with Crippen molar-refractivity contribution in [1.82, 2.24) is 9.78 Å². The number of aromatic nitrogens is 2. The fourth-order valence-electron chi connectivity index (χ4n) is 4.64. The predicted molar refractivity (Wildman–Crippen MR) is 137 cm³/mol. The normalized spacial score (nSPS) is 11.0. The zero-order valence-corrected chi connectivity index (χ0v) is 18.6. The monoisotopic (exact) mass is 454 g/mol. The summed E-state index contributed by atoms with van der Waals surface area (Å²) in [6.45, 7) is 0. The molecule has 6 rings (SSSR count). The highest BCUT2D eigenvalue weighted by molar-refractivity contribution is 6.30. The van der Waals surface area contributed by atoms with Crippen LogP contribution in [-0.4, -0.2) is 9.78 Å². The first-order valence-electron chi connectivity index (χ1n) is 10.7. The summed E-state index contributed by atoms with van der Waals surface area (Å²) in [4.78, 5) is 0. The van der Waals surface area contributed by atoms with E-state index in [1.165, 1.54) is 21.5 Å². The molecule has 0 atom stereocenters. The lowest BCUT2D eigenvalue weighted by atomic mass is 9.90. The quantitative estimate of drug-likeness (QED) is 0.205. The highest BCUT2D eigenvalue weighted by Gasteiger charge is 2.17. The van der Waals surface area contributed by atoms with Crippen LogP contribution in [0.25, 0.3) is 55.3 Å². The molecule has 0 unspecified atom stereocenters. The lowest BCUT2D eigenvalue weighted by molar-refractivity contribution is 0.885. The Balaban J connectivity index is 1.68. The van der Waals surface area contributed by atoms with Crippen LogP contribution in [0.5, 0.6) is 0 Å². The van der Waals surface area contributed by atoms with Gasteiger partial charge in [-0.1, -0.05) is 72.3 Å². The molecule has 0 amide bonds. The van der Waals surface area contributed by atoms with Gasteiger partial charge in [0.2, 0.25) is 0 Å². The molecule has 4 nitrogen and oxygen atoms in total. The summed E-state index contributed by atoms with van der Waals surface area (Å²) >= 11 is 6.21. The van der Waals surface area contributed by atoms with E-state index in [9.17, 15) is 10.5 Å². The Morgan fingerprint density at radius 2 is 1.50 bits per heavy atom. The van der Waals surface area contributed by atoms with Crippen molar-refractivity contribution in [3.63, 3.8) is 0 Å². The highest BCUT2D eigenvalue weighted by atomic mass is 35.5. The Morgan fingerprint density at radius 1 is 0.824 bits per heavy atom. The standard InChI is InChI=1S/C29H15ClN4/c30-23-5-2-6-24(14-23)34-17-22(13-18(15-31)16-32)29(33-34)26-12-10-21-8-7-19-3-1-4-20-9-11-25(26)28(21)27(19)20/h1-14,17H. The molecule has 0 aliphatic rings. The van der Waals surface area contributed by atoms with Crippen molar-refractivity contribution >= 4 is 50.0 Å². The van der Waals surface area contributed by atoms with Crippen LogP contribution in [0.4, 0.5) is 0 Å². The van der Waals surface area contributed by atoms with E-state index in [0.717, 1.165) is 22.0 Å². The van der Waals surface area contributed by atoms with Crippen molar-refractivity contribution in [2.24, 2.45) is 0 Å². The summed E-state index contributed by atoms with van der Waals surface area (Å²) in [7, 11) is 0. The molecule has 0 aliphatic carbocycles. The highest BCUT2D eigenvalue weighted by Crippen LogP contribution is 2.40. The van der Waals surface area contributed by atoms with Gasteiger partial charge in [-0.2, -0.15) is 15.6 Å². The van der Waals surface area contributed by atoms with E-state index >= 15 is 0 Å². The molecule has 0 N–H and O–H groups in total. The fraction of sp³-hybridized carbons (Fsp3) is 0. The van der Waals surface area contributed by atoms with Crippen LogP contribution < -0.4 is 0 Å². The van der Waals surface area contributed by atoms with Crippen LogP contribution in [-0.2, 0) is 0 Å². The topological polar surface area (TPSA) is 65.4 Å². The molecule has 0 saturated heterocycles. The molecule has 0 radical (unpaired) electrons. The molecule has 5 heteroatoms. The summed E-state index contributed by atoms with van der Waals surface area (Å²) < 4.78 is 1.73. The van der Waals surface area contributed by atoms with Crippen LogP contribution >= 0.6 is 11.6 Å². The van der Waals surface area contributed by atoms with Crippen LogP contribution in [0.3, 0.4) is 0 Å². The summed E-state index contributed by atoms with van der Waals surface area (Å²) in [5.74, 6) is 0. The lowest BCUT2D eigenvalue weighted by Crippen LogP contribution is -1.95. The van der Waals surface area contributed by atoms with Gasteiger partial charge in [-0.05, 0) is 56.6 Å². The van der Waals surface area contributed by atoms with E-state index in [2.05, 4.69) is 54.6 Å². The van der Waals surface area contributed by atoms with Gasteiger partial charge in [-0.3, -0.25) is 0 Å². The molecule has 0 bridgehead atoms. The Kier molecular flexibility index (Phi) is 4.56. The molecule has 0 spiro atoms. The maximum absolute atomic E-state index is 9.38. The molecular formula is C29H15ClN4. The van der Waals surface area contributed by atoms with Crippen LogP contribution in [0.1, 0.15) is 5.56 Å². The van der Waals surface area contributed by atoms with E-state index in [1.807, 2.05) is 36.5 Å². The zero-order valence-electron chi connectivity index (χ0n) is 17.8. The molecule has 6 aromatic rings. The third-order valence-corrected chi connectivity index (χ3v) is 6.37. The number of nitriles is 2. The Labute approximate surface area is 200 Å². The minimum absolute atomic E-state index is 0.0182. The molecule has 0 aliphatic heterocycles. The van der Waals surface area contributed by atoms with Gasteiger partial charge in [0.25, 0.3) is 0 Å². The summed E-state index contributed by atoms with van der Waals surface area (Å²) in [5.41, 5.74) is 3.13. The number of benzene rings is 5. The maximum atomic E-state index is 9.38. The summed E-state index contributed by atoms with van der Waals surface area (Å²) in [5, 5.41) is 31.3.